The first-order valence-corrected chi connectivity index (χ1v) is 7.98. The zero-order valence-electron chi connectivity index (χ0n) is 16.9. The quantitative estimate of drug-likeness (QED) is 0.709. The Morgan fingerprint density at radius 3 is 2.11 bits per heavy atom. The molecular formula is C19H32Cl2N2O5. The van der Waals surface area contributed by atoms with Crippen molar-refractivity contribution in [1.29, 1.82) is 0 Å². The molecule has 1 aromatic carbocycles. The number of rotatable bonds is 7. The van der Waals surface area contributed by atoms with E-state index in [1.807, 2.05) is 50.2 Å². The van der Waals surface area contributed by atoms with E-state index in [-0.39, 0.29) is 35.8 Å². The Balaban J connectivity index is -0.00000156. The fourth-order valence-electron chi connectivity index (χ4n) is 2.74. The molecule has 0 aliphatic rings. The Labute approximate surface area is 179 Å². The Morgan fingerprint density at radius 2 is 1.57 bits per heavy atom. The SMILES string of the molecule is COc1ccc(CCc2nc(C)cc(CN(C)C)c2O)cc1OC.Cl.Cl.O.O. The average Bonchev–Trinajstić information content (AvgIpc) is 2.55. The van der Waals surface area contributed by atoms with Gasteiger partial charge in [-0.1, -0.05) is 6.07 Å². The van der Waals surface area contributed by atoms with E-state index >= 15 is 0 Å². The number of hydrogen-bond donors (Lipinski definition) is 1. The summed E-state index contributed by atoms with van der Waals surface area (Å²) in [5.41, 5.74) is 3.69. The largest absolute Gasteiger partial charge is 0.506 e. The molecule has 9 heteroatoms. The van der Waals surface area contributed by atoms with Crippen LogP contribution >= 0.6 is 24.8 Å². The lowest BCUT2D eigenvalue weighted by atomic mass is 10.0. The monoisotopic (exact) mass is 438 g/mol. The van der Waals surface area contributed by atoms with Crippen LogP contribution in [0.1, 0.15) is 22.5 Å². The third-order valence-electron chi connectivity index (χ3n) is 3.86. The number of hydrogen-bond acceptors (Lipinski definition) is 5. The summed E-state index contributed by atoms with van der Waals surface area (Å²) in [6.07, 6.45) is 1.44. The third-order valence-corrected chi connectivity index (χ3v) is 3.86. The maximum atomic E-state index is 10.5. The van der Waals surface area contributed by atoms with Crippen LogP contribution in [0.15, 0.2) is 24.3 Å². The van der Waals surface area contributed by atoms with Gasteiger partial charge in [0, 0.05) is 17.8 Å². The van der Waals surface area contributed by atoms with E-state index in [4.69, 9.17) is 9.47 Å². The van der Waals surface area contributed by atoms with Gasteiger partial charge in [0.05, 0.1) is 19.9 Å². The number of ether oxygens (including phenoxy) is 2. The van der Waals surface area contributed by atoms with Gasteiger partial charge in [0.15, 0.2) is 11.5 Å². The molecule has 0 unspecified atom stereocenters. The molecular weight excluding hydrogens is 407 g/mol. The van der Waals surface area contributed by atoms with Crippen LogP contribution in [0.4, 0.5) is 0 Å². The van der Waals surface area contributed by atoms with Crippen LogP contribution in [-0.2, 0) is 19.4 Å². The van der Waals surface area contributed by atoms with Gasteiger partial charge < -0.3 is 30.4 Å². The normalized spacial score (nSPS) is 9.36. The summed E-state index contributed by atoms with van der Waals surface area (Å²) in [5.74, 6) is 1.73. The number of nitrogens with zero attached hydrogens (tertiary/aromatic N) is 2. The predicted molar refractivity (Wildman–Crippen MR) is 117 cm³/mol. The molecule has 0 bridgehead atoms. The van der Waals surface area contributed by atoms with Crippen LogP contribution < -0.4 is 9.47 Å². The molecule has 5 N–H and O–H groups in total. The summed E-state index contributed by atoms with van der Waals surface area (Å²) < 4.78 is 10.6. The molecule has 2 aromatic rings. The highest BCUT2D eigenvalue weighted by Crippen LogP contribution is 2.29. The first-order chi connectivity index (χ1) is 11.4. The molecule has 28 heavy (non-hydrogen) atoms. The van der Waals surface area contributed by atoms with Gasteiger partial charge in [0.2, 0.25) is 0 Å². The molecule has 1 aromatic heterocycles. The zero-order chi connectivity index (χ0) is 17.7. The molecule has 0 aliphatic carbocycles. The van der Waals surface area contributed by atoms with Gasteiger partial charge in [0.1, 0.15) is 5.75 Å². The van der Waals surface area contributed by atoms with Crippen molar-refractivity contribution >= 4 is 24.8 Å². The second-order valence-corrected chi connectivity index (χ2v) is 6.15. The third kappa shape index (κ3) is 8.08. The Kier molecular flexibility index (Phi) is 15.8. The Bertz CT molecular complexity index is 715. The molecule has 0 atom stereocenters. The number of aromatic hydroxyl groups is 1. The molecule has 7 nitrogen and oxygen atoms in total. The van der Waals surface area contributed by atoms with Crippen molar-refractivity contribution in [2.24, 2.45) is 0 Å². The molecule has 0 saturated heterocycles. The fourth-order valence-corrected chi connectivity index (χ4v) is 2.74. The van der Waals surface area contributed by atoms with Gasteiger partial charge in [0.25, 0.3) is 0 Å². The molecule has 162 valence electrons. The van der Waals surface area contributed by atoms with Gasteiger partial charge in [-0.3, -0.25) is 4.98 Å². The smallest absolute Gasteiger partial charge is 0.160 e. The predicted octanol–water partition coefficient (Wildman–Crippen LogP) is 2.15. The van der Waals surface area contributed by atoms with Crippen molar-refractivity contribution in [2.75, 3.05) is 28.3 Å². The first-order valence-electron chi connectivity index (χ1n) is 7.98. The van der Waals surface area contributed by atoms with Gasteiger partial charge >= 0.3 is 0 Å². The van der Waals surface area contributed by atoms with Crippen molar-refractivity contribution in [3.63, 3.8) is 0 Å². The first kappa shape index (κ1) is 30.9. The van der Waals surface area contributed by atoms with Gasteiger partial charge in [-0.05, 0) is 57.6 Å². The van der Waals surface area contributed by atoms with E-state index in [9.17, 15) is 5.11 Å². The van der Waals surface area contributed by atoms with Crippen molar-refractivity contribution in [3.05, 3.63) is 46.8 Å². The standard InChI is InChI=1S/C19H26N2O3.2ClH.2H2O/c1-13-10-15(12-21(2)3)19(22)16(20-13)8-6-14-7-9-17(23-4)18(11-14)24-5;;;;/h7,9-11,22H,6,8,12H2,1-5H3;2*1H;2*1H2. The van der Waals surface area contributed by atoms with Crippen molar-refractivity contribution in [1.82, 2.24) is 9.88 Å². The van der Waals surface area contributed by atoms with Crippen molar-refractivity contribution in [3.8, 4) is 17.2 Å². The number of aromatic nitrogens is 1. The summed E-state index contributed by atoms with van der Waals surface area (Å²) in [6, 6.07) is 7.81. The highest BCUT2D eigenvalue weighted by Gasteiger charge is 2.12. The molecule has 0 fully saturated rings. The second kappa shape index (κ2) is 14.3. The van der Waals surface area contributed by atoms with Crippen LogP contribution in [0.3, 0.4) is 0 Å². The summed E-state index contributed by atoms with van der Waals surface area (Å²) >= 11 is 0. The van der Waals surface area contributed by atoms with E-state index in [0.29, 0.717) is 30.2 Å². The number of methoxy groups -OCH3 is 2. The lowest BCUT2D eigenvalue weighted by molar-refractivity contribution is 0.354. The van der Waals surface area contributed by atoms with Crippen LogP contribution in [0, 0.1) is 6.92 Å². The van der Waals surface area contributed by atoms with Gasteiger partial charge in [-0.15, -0.1) is 24.8 Å². The summed E-state index contributed by atoms with van der Waals surface area (Å²) in [6.45, 7) is 2.65. The van der Waals surface area contributed by atoms with E-state index in [0.717, 1.165) is 28.9 Å². The molecule has 0 amide bonds. The summed E-state index contributed by atoms with van der Waals surface area (Å²) in [5, 5.41) is 10.5. The molecule has 0 aliphatic heterocycles. The Morgan fingerprint density at radius 1 is 0.964 bits per heavy atom. The minimum atomic E-state index is 0. The zero-order valence-corrected chi connectivity index (χ0v) is 18.5. The minimum Gasteiger partial charge on any atom is -0.506 e. The second-order valence-electron chi connectivity index (χ2n) is 6.15. The fraction of sp³-hybridized carbons (Fsp3) is 0.421. The van der Waals surface area contributed by atoms with E-state index in [2.05, 4.69) is 4.98 Å². The van der Waals surface area contributed by atoms with E-state index < -0.39 is 0 Å². The summed E-state index contributed by atoms with van der Waals surface area (Å²) in [7, 11) is 7.22. The van der Waals surface area contributed by atoms with Crippen LogP contribution in [-0.4, -0.2) is 54.3 Å². The molecule has 0 spiro atoms. The van der Waals surface area contributed by atoms with Crippen LogP contribution in [0.5, 0.6) is 17.2 Å². The van der Waals surface area contributed by atoms with Crippen LogP contribution in [0.2, 0.25) is 0 Å². The molecule has 2 rings (SSSR count). The van der Waals surface area contributed by atoms with Gasteiger partial charge in [-0.2, -0.15) is 0 Å². The average molecular weight is 439 g/mol. The van der Waals surface area contributed by atoms with Crippen molar-refractivity contribution in [2.45, 2.75) is 26.3 Å². The van der Waals surface area contributed by atoms with Gasteiger partial charge in [-0.25, -0.2) is 0 Å². The molecule has 1 heterocycles. The minimum absolute atomic E-state index is 0. The summed E-state index contributed by atoms with van der Waals surface area (Å²) in [4.78, 5) is 6.54. The van der Waals surface area contributed by atoms with Crippen LogP contribution in [0.25, 0.3) is 0 Å². The lowest BCUT2D eigenvalue weighted by Gasteiger charge is -2.15. The van der Waals surface area contributed by atoms with E-state index in [1.165, 1.54) is 0 Å². The number of halogens is 2. The maximum Gasteiger partial charge on any atom is 0.160 e. The number of benzene rings is 1. The lowest BCUT2D eigenvalue weighted by Crippen LogP contribution is -2.12. The number of aryl methyl sites for hydroxylation is 3. The molecule has 0 radical (unpaired) electrons. The van der Waals surface area contributed by atoms with Crippen molar-refractivity contribution < 1.29 is 25.5 Å². The maximum absolute atomic E-state index is 10.5. The topological polar surface area (TPSA) is 118 Å². The Hall–Kier alpha value is -1.77. The highest BCUT2D eigenvalue weighted by atomic mass is 35.5. The van der Waals surface area contributed by atoms with E-state index in [1.54, 1.807) is 14.2 Å². The highest BCUT2D eigenvalue weighted by molar-refractivity contribution is 5.85. The number of pyridine rings is 1. The molecule has 0 saturated carbocycles.